The highest BCUT2D eigenvalue weighted by molar-refractivity contribution is 5.81. The highest BCUT2D eigenvalue weighted by atomic mass is 16.2. The minimum absolute atomic E-state index is 0.264. The van der Waals surface area contributed by atoms with Gasteiger partial charge in [0.1, 0.15) is 0 Å². The standard InChI is InChI=1S/C15H28N2O/c1-11(2)9-13-16-10-14(18)17(13)12-7-5-6-8-15(12,3)4/h11-13,16H,5-10H2,1-4H3. The Hall–Kier alpha value is -0.570. The van der Waals surface area contributed by atoms with Crippen LogP contribution in [0.25, 0.3) is 0 Å². The number of hydrogen-bond acceptors (Lipinski definition) is 2. The maximum absolute atomic E-state index is 12.2. The summed E-state index contributed by atoms with van der Waals surface area (Å²) in [4.78, 5) is 14.4. The molecule has 3 nitrogen and oxygen atoms in total. The molecule has 0 aromatic rings. The Kier molecular flexibility index (Phi) is 4.00. The summed E-state index contributed by atoms with van der Waals surface area (Å²) in [5.74, 6) is 0.934. The number of hydrogen-bond donors (Lipinski definition) is 1. The van der Waals surface area contributed by atoms with E-state index < -0.39 is 0 Å². The van der Waals surface area contributed by atoms with E-state index in [1.165, 1.54) is 25.7 Å². The second-order valence-corrected chi connectivity index (χ2v) is 7.08. The zero-order valence-electron chi connectivity index (χ0n) is 12.3. The van der Waals surface area contributed by atoms with Gasteiger partial charge < -0.3 is 4.90 Å². The van der Waals surface area contributed by atoms with Crippen molar-refractivity contribution >= 4 is 5.91 Å². The molecule has 1 saturated carbocycles. The lowest BCUT2D eigenvalue weighted by Crippen LogP contribution is -2.52. The first-order chi connectivity index (χ1) is 8.42. The van der Waals surface area contributed by atoms with Crippen molar-refractivity contribution in [2.45, 2.75) is 72.0 Å². The lowest BCUT2D eigenvalue weighted by molar-refractivity contribution is -0.134. The third kappa shape index (κ3) is 2.71. The molecule has 2 fully saturated rings. The molecule has 0 spiro atoms. The molecule has 1 heterocycles. The van der Waals surface area contributed by atoms with Gasteiger partial charge in [0.25, 0.3) is 0 Å². The Labute approximate surface area is 111 Å². The van der Waals surface area contributed by atoms with Crippen molar-refractivity contribution in [3.63, 3.8) is 0 Å². The molecule has 0 aromatic heterocycles. The average molecular weight is 252 g/mol. The summed E-state index contributed by atoms with van der Waals surface area (Å²) in [5, 5.41) is 3.40. The van der Waals surface area contributed by atoms with Gasteiger partial charge in [0.05, 0.1) is 12.7 Å². The van der Waals surface area contributed by atoms with E-state index in [0.29, 0.717) is 24.4 Å². The minimum atomic E-state index is 0.264. The molecule has 2 rings (SSSR count). The van der Waals surface area contributed by atoms with Crippen LogP contribution in [0.2, 0.25) is 0 Å². The molecule has 1 N–H and O–H groups in total. The number of carbonyl (C=O) groups is 1. The molecule has 3 heteroatoms. The number of carbonyl (C=O) groups excluding carboxylic acids is 1. The predicted molar refractivity (Wildman–Crippen MR) is 74.1 cm³/mol. The van der Waals surface area contributed by atoms with E-state index in [4.69, 9.17) is 0 Å². The fraction of sp³-hybridized carbons (Fsp3) is 0.933. The van der Waals surface area contributed by atoms with Gasteiger partial charge in [0.15, 0.2) is 0 Å². The average Bonchev–Trinajstić information content (AvgIpc) is 2.59. The summed E-state index contributed by atoms with van der Waals surface area (Å²) in [7, 11) is 0. The Bertz CT molecular complexity index is 312. The smallest absolute Gasteiger partial charge is 0.238 e. The van der Waals surface area contributed by atoms with Gasteiger partial charge in [0.2, 0.25) is 5.91 Å². The van der Waals surface area contributed by atoms with E-state index in [2.05, 4.69) is 37.9 Å². The summed E-state index contributed by atoms with van der Waals surface area (Å²) in [6, 6.07) is 0.428. The van der Waals surface area contributed by atoms with Crippen molar-refractivity contribution in [2.24, 2.45) is 11.3 Å². The zero-order valence-corrected chi connectivity index (χ0v) is 12.3. The minimum Gasteiger partial charge on any atom is -0.323 e. The van der Waals surface area contributed by atoms with Gasteiger partial charge >= 0.3 is 0 Å². The number of nitrogens with zero attached hydrogens (tertiary/aromatic N) is 1. The molecule has 1 saturated heterocycles. The van der Waals surface area contributed by atoms with Gasteiger partial charge in [-0.1, -0.05) is 40.5 Å². The van der Waals surface area contributed by atoms with E-state index in [1.807, 2.05) is 0 Å². The van der Waals surface area contributed by atoms with E-state index >= 15 is 0 Å². The van der Waals surface area contributed by atoms with Gasteiger partial charge in [0, 0.05) is 6.04 Å². The summed E-state index contributed by atoms with van der Waals surface area (Å²) in [6.07, 6.45) is 6.34. The Balaban J connectivity index is 2.14. The monoisotopic (exact) mass is 252 g/mol. The highest BCUT2D eigenvalue weighted by Gasteiger charge is 2.43. The quantitative estimate of drug-likeness (QED) is 0.837. The predicted octanol–water partition coefficient (Wildman–Crippen LogP) is 2.76. The molecular formula is C15H28N2O. The molecule has 104 valence electrons. The van der Waals surface area contributed by atoms with E-state index in [-0.39, 0.29) is 11.6 Å². The van der Waals surface area contributed by atoms with Gasteiger partial charge in [-0.15, -0.1) is 0 Å². The van der Waals surface area contributed by atoms with Gasteiger partial charge in [-0.05, 0) is 30.6 Å². The fourth-order valence-corrected chi connectivity index (χ4v) is 3.59. The Morgan fingerprint density at radius 2 is 2.11 bits per heavy atom. The molecule has 2 atom stereocenters. The summed E-state index contributed by atoms with van der Waals surface area (Å²) < 4.78 is 0. The van der Waals surface area contributed by atoms with Crippen LogP contribution in [0.15, 0.2) is 0 Å². The first-order valence-electron chi connectivity index (χ1n) is 7.46. The van der Waals surface area contributed by atoms with Crippen LogP contribution >= 0.6 is 0 Å². The van der Waals surface area contributed by atoms with Crippen molar-refractivity contribution < 1.29 is 4.79 Å². The van der Waals surface area contributed by atoms with Crippen LogP contribution < -0.4 is 5.32 Å². The molecule has 0 bridgehead atoms. The maximum Gasteiger partial charge on any atom is 0.238 e. The molecule has 0 radical (unpaired) electrons. The number of amides is 1. The third-order valence-corrected chi connectivity index (χ3v) is 4.59. The van der Waals surface area contributed by atoms with Crippen LogP contribution in [-0.4, -0.2) is 29.6 Å². The van der Waals surface area contributed by atoms with Crippen molar-refractivity contribution in [2.75, 3.05) is 6.54 Å². The van der Waals surface area contributed by atoms with E-state index in [9.17, 15) is 4.79 Å². The van der Waals surface area contributed by atoms with Crippen LogP contribution in [0.3, 0.4) is 0 Å². The molecule has 0 aromatic carbocycles. The summed E-state index contributed by atoms with van der Waals surface area (Å²) in [6.45, 7) is 9.65. The van der Waals surface area contributed by atoms with Crippen molar-refractivity contribution in [3.8, 4) is 0 Å². The molecule has 1 amide bonds. The lowest BCUT2D eigenvalue weighted by Gasteiger charge is -2.46. The topological polar surface area (TPSA) is 32.3 Å². The van der Waals surface area contributed by atoms with E-state index in [0.717, 1.165) is 6.42 Å². The number of rotatable bonds is 3. The third-order valence-electron chi connectivity index (χ3n) is 4.59. The van der Waals surface area contributed by atoms with E-state index in [1.54, 1.807) is 0 Å². The molecule has 1 aliphatic heterocycles. The Morgan fingerprint density at radius 1 is 1.39 bits per heavy atom. The van der Waals surface area contributed by atoms with Crippen molar-refractivity contribution in [3.05, 3.63) is 0 Å². The van der Waals surface area contributed by atoms with Gasteiger partial charge in [-0.25, -0.2) is 0 Å². The van der Waals surface area contributed by atoms with Gasteiger partial charge in [-0.3, -0.25) is 10.1 Å². The zero-order chi connectivity index (χ0) is 13.3. The first-order valence-corrected chi connectivity index (χ1v) is 7.46. The normalized spacial score (nSPS) is 32.3. The van der Waals surface area contributed by atoms with Crippen molar-refractivity contribution in [1.82, 2.24) is 10.2 Å². The molecule has 2 unspecified atom stereocenters. The summed E-state index contributed by atoms with van der Waals surface area (Å²) in [5.41, 5.74) is 0.273. The molecular weight excluding hydrogens is 224 g/mol. The second kappa shape index (κ2) is 5.20. The lowest BCUT2D eigenvalue weighted by atomic mass is 9.72. The molecule has 1 aliphatic carbocycles. The molecule has 18 heavy (non-hydrogen) atoms. The van der Waals surface area contributed by atoms with Crippen LogP contribution in [0.5, 0.6) is 0 Å². The van der Waals surface area contributed by atoms with Crippen LogP contribution in [0, 0.1) is 11.3 Å². The fourth-order valence-electron chi connectivity index (χ4n) is 3.59. The van der Waals surface area contributed by atoms with Crippen LogP contribution in [-0.2, 0) is 4.79 Å². The first kappa shape index (κ1) is 13.9. The second-order valence-electron chi connectivity index (χ2n) is 7.08. The Morgan fingerprint density at radius 3 is 2.72 bits per heavy atom. The van der Waals surface area contributed by atoms with Crippen LogP contribution in [0.4, 0.5) is 0 Å². The number of nitrogens with one attached hydrogen (secondary N) is 1. The van der Waals surface area contributed by atoms with Gasteiger partial charge in [-0.2, -0.15) is 0 Å². The van der Waals surface area contributed by atoms with Crippen LogP contribution in [0.1, 0.15) is 59.8 Å². The molecule has 2 aliphatic rings. The SMILES string of the molecule is CC(C)CC1NCC(=O)N1C1CCCCC1(C)C. The highest BCUT2D eigenvalue weighted by Crippen LogP contribution is 2.40. The summed E-state index contributed by atoms with van der Waals surface area (Å²) >= 11 is 0. The van der Waals surface area contributed by atoms with Crippen molar-refractivity contribution in [1.29, 1.82) is 0 Å². The maximum atomic E-state index is 12.2. The largest absolute Gasteiger partial charge is 0.323 e.